The van der Waals surface area contributed by atoms with Crippen LogP contribution in [-0.2, 0) is 28.3 Å². The van der Waals surface area contributed by atoms with Gasteiger partial charge in [0.25, 0.3) is 27.4 Å². The summed E-state index contributed by atoms with van der Waals surface area (Å²) in [6.45, 7) is 6.50. The fourth-order valence-electron chi connectivity index (χ4n) is 5.10. The summed E-state index contributed by atoms with van der Waals surface area (Å²) in [7, 11) is -2.99. The predicted molar refractivity (Wildman–Crippen MR) is 186 cm³/mol. The predicted octanol–water partition coefficient (Wildman–Crippen LogP) is 2.40. The number of amides is 2. The number of nitrogens with one attached hydrogen (secondary N) is 3. The van der Waals surface area contributed by atoms with Gasteiger partial charge in [0.05, 0.1) is 34.5 Å². The zero-order valence-electron chi connectivity index (χ0n) is 28.7. The van der Waals surface area contributed by atoms with Crippen molar-refractivity contribution >= 4 is 33.5 Å². The second kappa shape index (κ2) is 15.7. The highest BCUT2D eigenvalue weighted by atomic mass is 32.2. The van der Waals surface area contributed by atoms with E-state index in [9.17, 15) is 42.6 Å². The van der Waals surface area contributed by atoms with Gasteiger partial charge < -0.3 is 25.4 Å². The summed E-state index contributed by atoms with van der Waals surface area (Å²) in [4.78, 5) is 62.5. The monoisotopic (exact) mass is 741 g/mol. The molecule has 1 aromatic heterocycles. The Morgan fingerprint density at radius 1 is 0.885 bits per heavy atom. The van der Waals surface area contributed by atoms with Gasteiger partial charge in [0.15, 0.2) is 0 Å². The zero-order valence-corrected chi connectivity index (χ0v) is 29.5. The van der Waals surface area contributed by atoms with E-state index >= 15 is 8.78 Å². The number of aliphatic hydroxyl groups excluding tert-OH is 1. The van der Waals surface area contributed by atoms with Crippen LogP contribution in [0.25, 0.3) is 5.69 Å². The summed E-state index contributed by atoms with van der Waals surface area (Å²) < 4.78 is 60.2. The van der Waals surface area contributed by atoms with Crippen molar-refractivity contribution in [1.82, 2.24) is 19.8 Å². The molecule has 14 nitrogen and oxygen atoms in total. The van der Waals surface area contributed by atoms with Gasteiger partial charge in [-0.05, 0) is 67.8 Å². The van der Waals surface area contributed by atoms with Crippen molar-refractivity contribution in [2.24, 2.45) is 13.0 Å². The van der Waals surface area contributed by atoms with Gasteiger partial charge in [0, 0.05) is 36.4 Å². The number of sulfonamides is 1. The Morgan fingerprint density at radius 2 is 1.50 bits per heavy atom. The summed E-state index contributed by atoms with van der Waals surface area (Å²) in [5, 5.41) is 23.9. The van der Waals surface area contributed by atoms with E-state index in [0.29, 0.717) is 29.0 Å². The molecule has 17 heteroatoms. The molecule has 0 bridgehead atoms. The normalized spacial score (nSPS) is 12.6. The number of aliphatic hydroxyl groups is 1. The van der Waals surface area contributed by atoms with Gasteiger partial charge in [-0.2, -0.15) is 0 Å². The number of benzene rings is 3. The largest absolute Gasteiger partial charge is 0.480 e. The molecule has 0 aliphatic rings. The number of carbonyl (C=O) groups is 3. The molecule has 0 aliphatic carbocycles. The zero-order chi connectivity index (χ0) is 38.7. The lowest BCUT2D eigenvalue weighted by Gasteiger charge is -2.20. The van der Waals surface area contributed by atoms with E-state index in [0.717, 1.165) is 16.7 Å². The highest BCUT2D eigenvalue weighted by Crippen LogP contribution is 2.24. The Hall–Kier alpha value is -5.68. The van der Waals surface area contributed by atoms with Crippen molar-refractivity contribution in [2.75, 3.05) is 11.3 Å². The average Bonchev–Trinajstić information content (AvgIpc) is 3.10. The summed E-state index contributed by atoms with van der Waals surface area (Å²) in [5.41, 5.74) is -1.31. The number of anilines is 1. The van der Waals surface area contributed by atoms with Gasteiger partial charge in [-0.15, -0.1) is 0 Å². The molecule has 2 atom stereocenters. The molecule has 3 aromatic carbocycles. The topological polar surface area (TPSA) is 206 Å². The van der Waals surface area contributed by atoms with Crippen LogP contribution >= 0.6 is 0 Å². The number of hydrogen-bond donors (Lipinski definition) is 5. The lowest BCUT2D eigenvalue weighted by molar-refractivity contribution is -0.139. The van der Waals surface area contributed by atoms with Gasteiger partial charge in [-0.1, -0.05) is 26.0 Å². The quantitative estimate of drug-likeness (QED) is 0.136. The highest BCUT2D eigenvalue weighted by molar-refractivity contribution is 7.92. The maximum Gasteiger partial charge on any atom is 0.335 e. The lowest BCUT2D eigenvalue weighted by Crippen LogP contribution is -2.42. The van der Waals surface area contributed by atoms with Crippen molar-refractivity contribution < 1.29 is 41.8 Å². The van der Waals surface area contributed by atoms with Crippen LogP contribution in [0.1, 0.15) is 51.4 Å². The van der Waals surface area contributed by atoms with Gasteiger partial charge >= 0.3 is 11.7 Å². The number of carboxylic acids is 1. The van der Waals surface area contributed by atoms with Crippen molar-refractivity contribution in [1.29, 1.82) is 0 Å². The molecule has 0 aliphatic heterocycles. The van der Waals surface area contributed by atoms with Gasteiger partial charge in [0.1, 0.15) is 17.7 Å². The van der Waals surface area contributed by atoms with Crippen LogP contribution in [0.2, 0.25) is 0 Å². The van der Waals surface area contributed by atoms with Crippen LogP contribution in [0.3, 0.4) is 0 Å². The van der Waals surface area contributed by atoms with Crippen LogP contribution in [0.5, 0.6) is 0 Å². The lowest BCUT2D eigenvalue weighted by atomic mass is 10.0. The maximum atomic E-state index is 15.1. The smallest absolute Gasteiger partial charge is 0.335 e. The summed E-state index contributed by atoms with van der Waals surface area (Å²) in [6, 6.07) is 8.97. The molecule has 1 heterocycles. The molecule has 4 rings (SSSR count). The van der Waals surface area contributed by atoms with Crippen molar-refractivity contribution in [3.63, 3.8) is 0 Å². The van der Waals surface area contributed by atoms with E-state index in [-0.39, 0.29) is 30.2 Å². The van der Waals surface area contributed by atoms with Crippen LogP contribution in [-0.4, -0.2) is 64.2 Å². The Bertz CT molecular complexity index is 2220. The van der Waals surface area contributed by atoms with Gasteiger partial charge in [-0.3, -0.25) is 19.1 Å². The minimum absolute atomic E-state index is 0.0726. The second-order valence-electron chi connectivity index (χ2n) is 12.4. The van der Waals surface area contributed by atoms with E-state index in [1.165, 1.54) is 48.0 Å². The van der Waals surface area contributed by atoms with Crippen LogP contribution in [0.15, 0.2) is 75.1 Å². The van der Waals surface area contributed by atoms with E-state index in [4.69, 9.17) is 0 Å². The third-order valence-corrected chi connectivity index (χ3v) is 9.96. The third kappa shape index (κ3) is 8.43. The van der Waals surface area contributed by atoms with E-state index < -0.39 is 78.9 Å². The molecular formula is C35H37F2N5O9S. The molecule has 0 saturated carbocycles. The van der Waals surface area contributed by atoms with Crippen molar-refractivity contribution in [3.8, 4) is 5.69 Å². The molecule has 52 heavy (non-hydrogen) atoms. The number of aromatic nitrogens is 2. The SMILES string of the molecule is Cc1c(C)n(C)c(=O)n(-c2ccc(C[C@H](NC(=O)c3cc(F)c(NS(=O)(=O)c4ccc(C(=O)N[C@H](CO)C(C)C)cc4)cc3F)C(=O)O)cc2)c1=O. The number of nitrogens with zero attached hydrogens (tertiary/aromatic N) is 2. The Kier molecular flexibility index (Phi) is 11.8. The van der Waals surface area contributed by atoms with Crippen LogP contribution in [0, 0.1) is 31.4 Å². The molecule has 0 unspecified atom stereocenters. The standard InChI is InChI=1S/C35H37F2N5O9S/c1-18(2)30(17-43)39-31(44)22-8-12-24(13-9-22)52(50,51)40-28-16-26(36)25(15-27(28)37)32(45)38-29(34(47)48)14-21-6-10-23(11-7-21)42-33(46)19(3)20(4)41(5)35(42)49/h6-13,15-16,18,29-30,40,43H,14,17H2,1-5H3,(H,38,45)(H,39,44)(H,47,48)/t29-,30+/m0/s1. The van der Waals surface area contributed by atoms with Gasteiger partial charge in [-0.25, -0.2) is 31.4 Å². The number of hydrogen-bond acceptors (Lipinski definition) is 8. The van der Waals surface area contributed by atoms with Crippen molar-refractivity contribution in [3.05, 3.63) is 121 Å². The van der Waals surface area contributed by atoms with E-state index in [1.807, 2.05) is 4.72 Å². The number of aliphatic carboxylic acids is 1. The van der Waals surface area contributed by atoms with Crippen molar-refractivity contribution in [2.45, 2.75) is 51.1 Å². The first-order chi connectivity index (χ1) is 24.4. The summed E-state index contributed by atoms with van der Waals surface area (Å²) >= 11 is 0. The van der Waals surface area contributed by atoms with E-state index in [1.54, 1.807) is 27.7 Å². The first kappa shape index (κ1) is 39.1. The minimum Gasteiger partial charge on any atom is -0.480 e. The molecule has 0 saturated heterocycles. The fourth-order valence-corrected chi connectivity index (χ4v) is 6.16. The minimum atomic E-state index is -4.51. The Morgan fingerprint density at radius 3 is 2.06 bits per heavy atom. The first-order valence-electron chi connectivity index (χ1n) is 15.8. The summed E-state index contributed by atoms with van der Waals surface area (Å²) in [6.07, 6.45) is -0.316. The Balaban J connectivity index is 1.47. The molecule has 276 valence electrons. The molecule has 4 aromatic rings. The van der Waals surface area contributed by atoms with Crippen LogP contribution in [0.4, 0.5) is 14.5 Å². The fraction of sp³-hybridized carbons (Fsp3) is 0.286. The number of carboxylic acid groups (broad SMARTS) is 1. The molecule has 5 N–H and O–H groups in total. The Labute approximate surface area is 296 Å². The van der Waals surface area contributed by atoms with E-state index in [2.05, 4.69) is 10.6 Å². The molecular weight excluding hydrogens is 704 g/mol. The van der Waals surface area contributed by atoms with Crippen LogP contribution < -0.4 is 26.6 Å². The molecule has 0 radical (unpaired) electrons. The number of carbonyl (C=O) groups excluding carboxylic acids is 2. The average molecular weight is 742 g/mol. The van der Waals surface area contributed by atoms with Gasteiger partial charge in [0.2, 0.25) is 0 Å². The molecule has 2 amide bonds. The number of rotatable bonds is 13. The maximum absolute atomic E-state index is 15.1. The first-order valence-corrected chi connectivity index (χ1v) is 17.3. The molecule has 0 fully saturated rings. The second-order valence-corrected chi connectivity index (χ2v) is 14.1. The molecule has 0 spiro atoms. The number of halogens is 2. The highest BCUT2D eigenvalue weighted by Gasteiger charge is 2.26. The third-order valence-electron chi connectivity index (χ3n) is 8.58. The summed E-state index contributed by atoms with van der Waals surface area (Å²) in [5.74, 6) is -6.13.